The van der Waals surface area contributed by atoms with Gasteiger partial charge in [0.05, 0.1) is 0 Å². The van der Waals surface area contributed by atoms with Crippen molar-refractivity contribution in [3.05, 3.63) is 81.3 Å². The van der Waals surface area contributed by atoms with E-state index in [-0.39, 0.29) is 137 Å². The van der Waals surface area contributed by atoms with E-state index in [2.05, 4.69) is 36.2 Å². The summed E-state index contributed by atoms with van der Waals surface area (Å²) in [6, 6.07) is 16.2. The first kappa shape index (κ1) is 41.7. The molecule has 26 heavy (non-hydrogen) atoms. The van der Waals surface area contributed by atoms with Crippen LogP contribution in [0.3, 0.4) is 0 Å². The van der Waals surface area contributed by atoms with E-state index in [9.17, 15) is 4.79 Å². The zero-order chi connectivity index (χ0) is 17.2. The third-order valence-corrected chi connectivity index (χ3v) is 2.45. The predicted molar refractivity (Wildman–Crippen MR) is 109 cm³/mol. The molecule has 0 aliphatic rings. The largest absolute Gasteiger partial charge is 1.00 e. The third kappa shape index (κ3) is 33.1. The van der Waals surface area contributed by atoms with Crippen molar-refractivity contribution in [2.24, 2.45) is 0 Å². The molecule has 1 heterocycles. The number of carbonyl (C=O) groups is 1. The van der Waals surface area contributed by atoms with Crippen LogP contribution in [0.25, 0.3) is 0 Å². The van der Waals surface area contributed by atoms with Gasteiger partial charge in [-0.05, 0) is 24.1 Å². The summed E-state index contributed by atoms with van der Waals surface area (Å²) >= 11 is 0. The summed E-state index contributed by atoms with van der Waals surface area (Å²) in [7, 11) is 3.45. The van der Waals surface area contributed by atoms with Crippen molar-refractivity contribution in [2.45, 2.75) is 34.1 Å². The summed E-state index contributed by atoms with van der Waals surface area (Å²) < 4.78 is 0. The average Bonchev–Trinajstić information content (AvgIpc) is 2.60. The minimum atomic E-state index is 0. The van der Waals surface area contributed by atoms with Gasteiger partial charge in [0, 0.05) is 33.4 Å². The second-order valence-electron chi connectivity index (χ2n) is 4.28. The summed E-state index contributed by atoms with van der Waals surface area (Å²) in [6.45, 7) is 7.69. The zero-order valence-electron chi connectivity index (χ0n) is 18.8. The monoisotopic (exact) mass is 502 g/mol. The van der Waals surface area contributed by atoms with Crippen LogP contribution in [0.15, 0.2) is 60.9 Å². The van der Waals surface area contributed by atoms with Crippen LogP contribution in [0.1, 0.15) is 33.3 Å². The van der Waals surface area contributed by atoms with Crippen molar-refractivity contribution in [3.63, 3.8) is 0 Å². The number of aryl methyl sites for hydroxylation is 1. The van der Waals surface area contributed by atoms with E-state index in [0.29, 0.717) is 0 Å². The van der Waals surface area contributed by atoms with Crippen molar-refractivity contribution in [1.82, 2.24) is 9.88 Å². The number of nitrogens with zero attached hydrogens (tertiary/aromatic N) is 2. The van der Waals surface area contributed by atoms with E-state index in [1.165, 1.54) is 17.4 Å². The molecule has 0 bridgehead atoms. The van der Waals surface area contributed by atoms with E-state index in [1.54, 1.807) is 26.5 Å². The van der Waals surface area contributed by atoms with Gasteiger partial charge in [0.1, 0.15) is 0 Å². The SMILES string of the molecule is CC.CC(=O)N(C)C.CCc1ccccc1.[CH3-].[CH3-].[Rb+].[Rb+].c1ccncc1. The molecular weight excluding hydrogens is 467 g/mol. The van der Waals surface area contributed by atoms with Crippen molar-refractivity contribution in [1.29, 1.82) is 0 Å². The number of amides is 1. The number of benzene rings is 1. The Labute approximate surface area is 261 Å². The maximum atomic E-state index is 10.1. The Morgan fingerprint density at radius 1 is 0.885 bits per heavy atom. The van der Waals surface area contributed by atoms with Gasteiger partial charge in [-0.1, -0.05) is 57.2 Å². The fourth-order valence-corrected chi connectivity index (χ4v) is 1.03. The van der Waals surface area contributed by atoms with Crippen molar-refractivity contribution in [2.75, 3.05) is 14.1 Å². The second-order valence-corrected chi connectivity index (χ2v) is 4.28. The van der Waals surface area contributed by atoms with Gasteiger partial charge in [0.15, 0.2) is 0 Å². The average molecular weight is 503 g/mol. The molecule has 0 aliphatic heterocycles. The molecule has 0 saturated carbocycles. The van der Waals surface area contributed by atoms with Crippen molar-refractivity contribution in [3.8, 4) is 0 Å². The van der Waals surface area contributed by atoms with E-state index in [0.717, 1.165) is 6.42 Å². The quantitative estimate of drug-likeness (QED) is 0.486. The first-order chi connectivity index (χ1) is 10.6. The molecule has 0 atom stereocenters. The topological polar surface area (TPSA) is 33.2 Å². The minimum Gasteiger partial charge on any atom is -0.358 e. The Morgan fingerprint density at radius 3 is 1.38 bits per heavy atom. The molecule has 0 radical (unpaired) electrons. The summed E-state index contributed by atoms with van der Waals surface area (Å²) in [5, 5.41) is 0. The molecule has 5 heteroatoms. The molecule has 0 unspecified atom stereocenters. The van der Waals surface area contributed by atoms with Gasteiger partial charge in [0.25, 0.3) is 0 Å². The van der Waals surface area contributed by atoms with E-state index >= 15 is 0 Å². The Bertz CT molecular complexity index is 425. The smallest absolute Gasteiger partial charge is 0.358 e. The van der Waals surface area contributed by atoms with Gasteiger partial charge in [-0.25, -0.2) is 0 Å². The van der Waals surface area contributed by atoms with E-state index < -0.39 is 0 Å². The first-order valence-corrected chi connectivity index (χ1v) is 7.64. The Balaban J connectivity index is -0.0000000518. The van der Waals surface area contributed by atoms with Gasteiger partial charge in [-0.3, -0.25) is 9.78 Å². The van der Waals surface area contributed by atoms with E-state index in [4.69, 9.17) is 0 Å². The number of aromatic nitrogens is 1. The molecule has 1 amide bonds. The molecule has 0 aliphatic carbocycles. The zero-order valence-corrected chi connectivity index (χ0v) is 28.6. The maximum Gasteiger partial charge on any atom is 1.00 e. The van der Waals surface area contributed by atoms with Gasteiger partial charge in [-0.15, -0.1) is 0 Å². The minimum absolute atomic E-state index is 0. The van der Waals surface area contributed by atoms with Crippen molar-refractivity contribution < 1.29 is 121 Å². The van der Waals surface area contributed by atoms with Crippen LogP contribution in [0.4, 0.5) is 0 Å². The standard InChI is InChI=1S/C8H10.C5H5N.C4H9NO.C2H6.2CH3.2Rb/c1-2-8-6-4-3-5-7-8;1-2-4-6-5-3-1;1-4(6)5(2)3;1-2;;;;/h3-7H,2H2,1H3;1-5H;1-3H3;1-2H3;2*1H3;;/q;;;;2*-1;2*+1. The summed E-state index contributed by atoms with van der Waals surface area (Å²) in [4.78, 5) is 15.4. The van der Waals surface area contributed by atoms with Gasteiger partial charge in [-0.2, -0.15) is 0 Å². The molecule has 138 valence electrons. The molecule has 0 fully saturated rings. The van der Waals surface area contributed by atoms with Crippen LogP contribution in [0.2, 0.25) is 0 Å². The number of hydrogen-bond donors (Lipinski definition) is 0. The van der Waals surface area contributed by atoms with Crippen LogP contribution < -0.4 is 116 Å². The molecular formula is C21H36N2ORb2. The van der Waals surface area contributed by atoms with Crippen LogP contribution in [-0.2, 0) is 11.2 Å². The van der Waals surface area contributed by atoms with Crippen molar-refractivity contribution >= 4 is 5.91 Å². The molecule has 2 aromatic rings. The second kappa shape index (κ2) is 34.0. The van der Waals surface area contributed by atoms with Gasteiger partial charge >= 0.3 is 116 Å². The summed E-state index contributed by atoms with van der Waals surface area (Å²) in [5.74, 6) is 0.0926. The summed E-state index contributed by atoms with van der Waals surface area (Å²) in [5.41, 5.74) is 1.41. The Morgan fingerprint density at radius 2 is 1.23 bits per heavy atom. The molecule has 3 nitrogen and oxygen atoms in total. The Kier molecular flexibility index (Phi) is 54.6. The molecule has 1 aromatic heterocycles. The summed E-state index contributed by atoms with van der Waals surface area (Å²) in [6.07, 6.45) is 4.64. The third-order valence-electron chi connectivity index (χ3n) is 2.45. The van der Waals surface area contributed by atoms with Gasteiger partial charge in [0.2, 0.25) is 5.91 Å². The fourth-order valence-electron chi connectivity index (χ4n) is 1.03. The molecule has 0 N–H and O–H groups in total. The molecule has 1 aromatic carbocycles. The molecule has 0 spiro atoms. The number of pyridine rings is 1. The van der Waals surface area contributed by atoms with Crippen LogP contribution in [0.5, 0.6) is 0 Å². The first-order valence-electron chi connectivity index (χ1n) is 7.64. The fraction of sp³-hybridized carbons (Fsp3) is 0.333. The van der Waals surface area contributed by atoms with Crippen LogP contribution in [0, 0.1) is 14.9 Å². The molecule has 0 saturated heterocycles. The van der Waals surface area contributed by atoms with Crippen LogP contribution in [-0.4, -0.2) is 29.9 Å². The normalized spacial score (nSPS) is 6.69. The number of rotatable bonds is 1. The molecule has 2 rings (SSSR count). The van der Waals surface area contributed by atoms with Crippen LogP contribution >= 0.6 is 0 Å². The Hall–Kier alpha value is 1.45. The maximum absolute atomic E-state index is 10.1. The predicted octanol–water partition coefficient (Wildman–Crippen LogP) is -0.640. The number of carbonyl (C=O) groups excluding carboxylic acids is 1. The number of hydrogen-bond acceptors (Lipinski definition) is 2. The van der Waals surface area contributed by atoms with Gasteiger partial charge < -0.3 is 19.8 Å². The van der Waals surface area contributed by atoms with E-state index in [1.807, 2.05) is 38.1 Å².